The van der Waals surface area contributed by atoms with Crippen molar-refractivity contribution in [2.24, 2.45) is 5.92 Å². The lowest BCUT2D eigenvalue weighted by molar-refractivity contribution is 0.162. The highest BCUT2D eigenvalue weighted by Crippen LogP contribution is 2.29. The Kier molecular flexibility index (Phi) is 6.66. The average molecular weight is 339 g/mol. The van der Waals surface area contributed by atoms with Gasteiger partial charge in [-0.2, -0.15) is 8.42 Å². The van der Waals surface area contributed by atoms with Crippen molar-refractivity contribution in [3.63, 3.8) is 0 Å². The van der Waals surface area contributed by atoms with Gasteiger partial charge in [-0.1, -0.05) is 52.2 Å². The molecule has 2 rings (SSSR count). The van der Waals surface area contributed by atoms with E-state index in [1.165, 1.54) is 12.0 Å². The highest BCUT2D eigenvalue weighted by molar-refractivity contribution is 7.86. The molecule has 1 saturated carbocycles. The molecule has 1 aromatic rings. The second kappa shape index (κ2) is 8.29. The van der Waals surface area contributed by atoms with E-state index in [1.54, 1.807) is 12.1 Å². The van der Waals surface area contributed by atoms with E-state index in [0.29, 0.717) is 11.8 Å². The van der Waals surface area contributed by atoms with Gasteiger partial charge in [0.1, 0.15) is 0 Å². The van der Waals surface area contributed by atoms with Gasteiger partial charge in [0.25, 0.3) is 10.1 Å². The Morgan fingerprint density at radius 3 is 2.22 bits per heavy atom. The average Bonchev–Trinajstić information content (AvgIpc) is 2.53. The molecule has 0 saturated heterocycles. The summed E-state index contributed by atoms with van der Waals surface area (Å²) in [5.74, 6) is 1.13. The van der Waals surface area contributed by atoms with E-state index >= 15 is 0 Å². The summed E-state index contributed by atoms with van der Waals surface area (Å²) in [5.41, 5.74) is 1.22. The molecular weight excluding hydrogens is 308 g/mol. The smallest absolute Gasteiger partial charge is 0.263 e. The zero-order chi connectivity index (χ0) is 16.9. The van der Waals surface area contributed by atoms with Crippen LogP contribution in [0, 0.1) is 5.92 Å². The van der Waals surface area contributed by atoms with Crippen LogP contribution < -0.4 is 0 Å². The summed E-state index contributed by atoms with van der Waals surface area (Å²) in [6.07, 6.45) is 7.07. The van der Waals surface area contributed by atoms with Gasteiger partial charge in [0.2, 0.25) is 0 Å². The SMILES string of the molecule is CCC(CC(C)C)c1ccc(S(=O)(=O)OC2CCCCC2)cc1. The number of hydrogen-bond donors (Lipinski definition) is 0. The molecule has 1 atom stereocenters. The Hall–Kier alpha value is -0.870. The van der Waals surface area contributed by atoms with Crippen LogP contribution in [0.5, 0.6) is 0 Å². The van der Waals surface area contributed by atoms with E-state index in [4.69, 9.17) is 4.18 Å². The molecule has 1 unspecified atom stereocenters. The van der Waals surface area contributed by atoms with Crippen molar-refractivity contribution in [1.29, 1.82) is 0 Å². The summed E-state index contributed by atoms with van der Waals surface area (Å²) in [7, 11) is -3.63. The van der Waals surface area contributed by atoms with Crippen LogP contribution in [-0.2, 0) is 14.3 Å². The van der Waals surface area contributed by atoms with E-state index in [-0.39, 0.29) is 11.0 Å². The summed E-state index contributed by atoms with van der Waals surface area (Å²) in [4.78, 5) is 0.284. The lowest BCUT2D eigenvalue weighted by Crippen LogP contribution is -2.21. The van der Waals surface area contributed by atoms with Gasteiger partial charge in [-0.05, 0) is 55.2 Å². The van der Waals surface area contributed by atoms with Crippen molar-refractivity contribution in [3.05, 3.63) is 29.8 Å². The first kappa shape index (κ1) is 18.5. The van der Waals surface area contributed by atoms with Crippen molar-refractivity contribution in [2.45, 2.75) is 82.6 Å². The molecule has 4 heteroatoms. The molecule has 1 fully saturated rings. The topological polar surface area (TPSA) is 43.4 Å². The molecule has 1 aliphatic carbocycles. The Labute approximate surface area is 141 Å². The van der Waals surface area contributed by atoms with E-state index in [2.05, 4.69) is 20.8 Å². The lowest BCUT2D eigenvalue weighted by atomic mass is 9.88. The van der Waals surface area contributed by atoms with Crippen LogP contribution >= 0.6 is 0 Å². The van der Waals surface area contributed by atoms with Crippen molar-refractivity contribution in [1.82, 2.24) is 0 Å². The monoisotopic (exact) mass is 338 g/mol. The lowest BCUT2D eigenvalue weighted by Gasteiger charge is -2.22. The van der Waals surface area contributed by atoms with Crippen LogP contribution in [0.3, 0.4) is 0 Å². The minimum absolute atomic E-state index is 0.141. The van der Waals surface area contributed by atoms with Gasteiger partial charge in [-0.25, -0.2) is 0 Å². The summed E-state index contributed by atoms with van der Waals surface area (Å²) in [6, 6.07) is 7.31. The Bertz CT molecular complexity index is 569. The molecule has 1 aromatic carbocycles. The first-order valence-corrected chi connectivity index (χ1v) is 10.4. The maximum atomic E-state index is 12.4. The second-order valence-electron chi connectivity index (χ2n) is 7.11. The summed E-state index contributed by atoms with van der Waals surface area (Å²) < 4.78 is 30.2. The molecule has 3 nitrogen and oxygen atoms in total. The standard InChI is InChI=1S/C19H30O3S/c1-4-16(14-15(2)3)17-10-12-19(13-11-17)23(20,21)22-18-8-6-5-7-9-18/h10-13,15-16,18H,4-9,14H2,1-3H3. The largest absolute Gasteiger partial charge is 0.297 e. The maximum Gasteiger partial charge on any atom is 0.297 e. The predicted molar refractivity (Wildman–Crippen MR) is 94.1 cm³/mol. The zero-order valence-corrected chi connectivity index (χ0v) is 15.4. The fourth-order valence-corrected chi connectivity index (χ4v) is 4.54. The summed E-state index contributed by atoms with van der Waals surface area (Å²) in [6.45, 7) is 6.63. The molecule has 23 heavy (non-hydrogen) atoms. The number of benzene rings is 1. The Morgan fingerprint density at radius 2 is 1.70 bits per heavy atom. The molecule has 0 aliphatic heterocycles. The van der Waals surface area contributed by atoms with Gasteiger partial charge < -0.3 is 0 Å². The Morgan fingerprint density at radius 1 is 1.09 bits per heavy atom. The molecule has 0 amide bonds. The fraction of sp³-hybridized carbons (Fsp3) is 0.684. The number of rotatable bonds is 7. The van der Waals surface area contributed by atoms with Crippen LogP contribution in [0.25, 0.3) is 0 Å². The quantitative estimate of drug-likeness (QED) is 0.637. The van der Waals surface area contributed by atoms with Gasteiger partial charge in [-0.3, -0.25) is 4.18 Å². The van der Waals surface area contributed by atoms with Gasteiger partial charge >= 0.3 is 0 Å². The summed E-state index contributed by atoms with van der Waals surface area (Å²) in [5, 5.41) is 0. The zero-order valence-electron chi connectivity index (χ0n) is 14.6. The molecular formula is C19H30O3S. The highest BCUT2D eigenvalue weighted by Gasteiger charge is 2.23. The van der Waals surface area contributed by atoms with Gasteiger partial charge in [0.05, 0.1) is 11.0 Å². The minimum atomic E-state index is -3.63. The molecule has 0 aromatic heterocycles. The molecule has 0 bridgehead atoms. The second-order valence-corrected chi connectivity index (χ2v) is 8.69. The predicted octanol–water partition coefficient (Wildman–Crippen LogP) is 5.26. The molecule has 0 N–H and O–H groups in total. The van der Waals surface area contributed by atoms with Crippen LogP contribution in [0.4, 0.5) is 0 Å². The normalized spacial score (nSPS) is 18.3. The van der Waals surface area contributed by atoms with E-state index in [0.717, 1.165) is 38.5 Å². The summed E-state index contributed by atoms with van der Waals surface area (Å²) >= 11 is 0. The third-order valence-corrected chi connectivity index (χ3v) is 6.08. The van der Waals surface area contributed by atoms with E-state index < -0.39 is 10.1 Å². The minimum Gasteiger partial charge on any atom is -0.263 e. The van der Waals surface area contributed by atoms with Gasteiger partial charge in [-0.15, -0.1) is 0 Å². The van der Waals surface area contributed by atoms with Crippen LogP contribution in [-0.4, -0.2) is 14.5 Å². The Balaban J connectivity index is 2.08. The maximum absolute atomic E-state index is 12.4. The molecule has 0 spiro atoms. The van der Waals surface area contributed by atoms with E-state index in [9.17, 15) is 8.42 Å². The third kappa shape index (κ3) is 5.32. The van der Waals surface area contributed by atoms with Gasteiger partial charge in [0.15, 0.2) is 0 Å². The third-order valence-electron chi connectivity index (χ3n) is 4.70. The first-order chi connectivity index (χ1) is 10.9. The molecule has 0 radical (unpaired) electrons. The molecule has 0 heterocycles. The van der Waals surface area contributed by atoms with Gasteiger partial charge in [0, 0.05) is 0 Å². The van der Waals surface area contributed by atoms with Crippen molar-refractivity contribution < 1.29 is 12.6 Å². The van der Waals surface area contributed by atoms with Crippen molar-refractivity contribution in [3.8, 4) is 0 Å². The van der Waals surface area contributed by atoms with E-state index in [1.807, 2.05) is 12.1 Å². The highest BCUT2D eigenvalue weighted by atomic mass is 32.2. The van der Waals surface area contributed by atoms with Crippen LogP contribution in [0.15, 0.2) is 29.2 Å². The molecule has 130 valence electrons. The first-order valence-electron chi connectivity index (χ1n) is 8.95. The van der Waals surface area contributed by atoms with Crippen LogP contribution in [0.1, 0.15) is 77.2 Å². The molecule has 1 aliphatic rings. The van der Waals surface area contributed by atoms with Crippen LogP contribution in [0.2, 0.25) is 0 Å². The van der Waals surface area contributed by atoms with Crippen molar-refractivity contribution in [2.75, 3.05) is 0 Å². The number of hydrogen-bond acceptors (Lipinski definition) is 3. The fourth-order valence-electron chi connectivity index (χ4n) is 3.41. The van der Waals surface area contributed by atoms with Crippen molar-refractivity contribution >= 4 is 10.1 Å².